The Balaban J connectivity index is 1.59. The summed E-state index contributed by atoms with van der Waals surface area (Å²) in [5, 5.41) is 3.10. The van der Waals surface area contributed by atoms with E-state index in [4.69, 9.17) is 25.8 Å². The zero-order valence-corrected chi connectivity index (χ0v) is 23.3. The van der Waals surface area contributed by atoms with Crippen molar-refractivity contribution in [2.75, 3.05) is 40.0 Å². The van der Waals surface area contributed by atoms with E-state index in [0.29, 0.717) is 47.6 Å². The molecule has 11 heteroatoms. The summed E-state index contributed by atoms with van der Waals surface area (Å²) in [6.07, 6.45) is 1.55. The molecule has 1 aromatic carbocycles. The number of allylic oxidation sites excluding steroid dienone is 1. The van der Waals surface area contributed by atoms with E-state index in [0.717, 1.165) is 17.7 Å². The first-order chi connectivity index (χ1) is 18.3. The van der Waals surface area contributed by atoms with Gasteiger partial charge in [-0.05, 0) is 49.8 Å². The van der Waals surface area contributed by atoms with E-state index in [1.54, 1.807) is 24.8 Å². The van der Waals surface area contributed by atoms with Gasteiger partial charge in [0.2, 0.25) is 5.91 Å². The van der Waals surface area contributed by atoms with Crippen LogP contribution < -0.4 is 0 Å². The Morgan fingerprint density at radius 1 is 1.21 bits per heavy atom. The highest BCUT2D eigenvalue weighted by Gasteiger charge is 2.42. The highest BCUT2D eigenvalue weighted by molar-refractivity contribution is 8.16. The standard InChI is InChI=1S/C27H32ClN3O6S/c1-4-36-25(33)19-8-6-10-30(15-19)22(32)14-21-16-38-27-29-17(2)23(26(34)37-12-11-35-3)24(31(21)27)18-7-5-9-20(28)13-18/h5,7,9,13,16,19,24H,4,6,8,10-12,14-15H2,1-3H3/t19-,24+/m0/s1. The predicted molar refractivity (Wildman–Crippen MR) is 145 cm³/mol. The molecule has 0 aromatic heterocycles. The van der Waals surface area contributed by atoms with Crippen LogP contribution in [0, 0.1) is 5.92 Å². The number of thioether (sulfide) groups is 1. The average Bonchev–Trinajstić information content (AvgIpc) is 3.29. The third-order valence-corrected chi connectivity index (χ3v) is 7.76. The first-order valence-electron chi connectivity index (χ1n) is 12.6. The molecule has 1 saturated heterocycles. The van der Waals surface area contributed by atoms with Gasteiger partial charge in [-0.1, -0.05) is 35.5 Å². The van der Waals surface area contributed by atoms with E-state index in [-0.39, 0.29) is 37.4 Å². The van der Waals surface area contributed by atoms with E-state index in [9.17, 15) is 14.4 Å². The number of fused-ring (bicyclic) bond motifs is 1. The number of methoxy groups -OCH3 is 1. The predicted octanol–water partition coefficient (Wildman–Crippen LogP) is 4.30. The lowest BCUT2D eigenvalue weighted by Gasteiger charge is -2.37. The van der Waals surface area contributed by atoms with Crippen LogP contribution in [0.5, 0.6) is 0 Å². The smallest absolute Gasteiger partial charge is 0.338 e. The van der Waals surface area contributed by atoms with Crippen LogP contribution in [0.4, 0.5) is 0 Å². The molecule has 1 amide bonds. The Morgan fingerprint density at radius 3 is 2.76 bits per heavy atom. The van der Waals surface area contributed by atoms with Crippen molar-refractivity contribution in [3.05, 3.63) is 57.2 Å². The molecule has 3 aliphatic rings. The van der Waals surface area contributed by atoms with E-state index >= 15 is 0 Å². The number of rotatable bonds is 9. The van der Waals surface area contributed by atoms with E-state index in [2.05, 4.69) is 4.99 Å². The van der Waals surface area contributed by atoms with Gasteiger partial charge in [0.15, 0.2) is 5.17 Å². The Hall–Kier alpha value is -2.82. The second kappa shape index (κ2) is 12.8. The summed E-state index contributed by atoms with van der Waals surface area (Å²) in [5.41, 5.74) is 2.43. The molecule has 0 saturated carbocycles. The number of carbonyl (C=O) groups is 3. The van der Waals surface area contributed by atoms with Crippen LogP contribution in [0.1, 0.15) is 44.7 Å². The van der Waals surface area contributed by atoms with Gasteiger partial charge >= 0.3 is 11.9 Å². The highest BCUT2D eigenvalue weighted by Crippen LogP contribution is 2.45. The van der Waals surface area contributed by atoms with Crippen LogP contribution in [-0.4, -0.2) is 72.8 Å². The zero-order valence-electron chi connectivity index (χ0n) is 21.8. The van der Waals surface area contributed by atoms with Gasteiger partial charge in [-0.2, -0.15) is 0 Å². The number of esters is 2. The molecular weight excluding hydrogens is 530 g/mol. The van der Waals surface area contributed by atoms with Gasteiger partial charge in [0.05, 0.1) is 42.9 Å². The van der Waals surface area contributed by atoms with Crippen LogP contribution in [-0.2, 0) is 28.6 Å². The summed E-state index contributed by atoms with van der Waals surface area (Å²) in [6, 6.07) is 6.73. The molecule has 9 nitrogen and oxygen atoms in total. The summed E-state index contributed by atoms with van der Waals surface area (Å²) >= 11 is 7.75. The first kappa shape index (κ1) is 28.2. The molecule has 2 atom stereocenters. The summed E-state index contributed by atoms with van der Waals surface area (Å²) in [5.74, 6) is -1.16. The number of halogens is 1. The molecule has 3 aliphatic heterocycles. The molecule has 204 valence electrons. The molecule has 0 N–H and O–H groups in total. The molecule has 3 heterocycles. The van der Waals surface area contributed by atoms with E-state index in [1.165, 1.54) is 18.9 Å². The minimum atomic E-state index is -0.570. The lowest BCUT2D eigenvalue weighted by Crippen LogP contribution is -2.44. The third-order valence-electron chi connectivity index (χ3n) is 6.63. The van der Waals surface area contributed by atoms with Crippen molar-refractivity contribution in [1.82, 2.24) is 9.80 Å². The fourth-order valence-electron chi connectivity index (χ4n) is 4.84. The molecule has 38 heavy (non-hydrogen) atoms. The number of nitrogens with zero attached hydrogens (tertiary/aromatic N) is 3. The fourth-order valence-corrected chi connectivity index (χ4v) is 6.00. The molecule has 0 spiro atoms. The van der Waals surface area contributed by atoms with Gasteiger partial charge in [-0.15, -0.1) is 0 Å². The lowest BCUT2D eigenvalue weighted by atomic mass is 9.93. The van der Waals surface area contributed by atoms with Gasteiger partial charge in [0.25, 0.3) is 0 Å². The Kier molecular flexibility index (Phi) is 9.51. The normalized spacial score (nSPS) is 21.1. The SMILES string of the molecule is CCOC(=O)[C@H]1CCCN(C(=O)CC2=CSC3=NC(C)=C(C(=O)OCCOC)[C@@H](c4cccc(Cl)c4)N23)C1. The minimum absolute atomic E-state index is 0.0903. The van der Waals surface area contributed by atoms with E-state index < -0.39 is 12.0 Å². The second-order valence-electron chi connectivity index (χ2n) is 9.18. The molecule has 0 unspecified atom stereocenters. The van der Waals surface area contributed by atoms with Crippen LogP contribution >= 0.6 is 23.4 Å². The molecule has 0 radical (unpaired) electrons. The molecular formula is C27H32ClN3O6S. The number of ether oxygens (including phenoxy) is 3. The average molecular weight is 562 g/mol. The zero-order chi connectivity index (χ0) is 27.2. The molecule has 0 aliphatic carbocycles. The number of benzene rings is 1. The molecule has 1 fully saturated rings. The van der Waals surface area contributed by atoms with Crippen molar-refractivity contribution < 1.29 is 28.6 Å². The van der Waals surface area contributed by atoms with Crippen LogP contribution in [0.3, 0.4) is 0 Å². The molecule has 4 rings (SSSR count). The quantitative estimate of drug-likeness (QED) is 0.325. The maximum Gasteiger partial charge on any atom is 0.338 e. The van der Waals surface area contributed by atoms with Crippen molar-refractivity contribution in [3.63, 3.8) is 0 Å². The van der Waals surface area contributed by atoms with Crippen molar-refractivity contribution in [2.24, 2.45) is 10.9 Å². The number of amides is 1. The number of carbonyl (C=O) groups excluding carboxylic acids is 3. The first-order valence-corrected chi connectivity index (χ1v) is 13.9. The maximum absolute atomic E-state index is 13.4. The Labute approximate surface area is 231 Å². The number of aliphatic imine (C=N–C) groups is 1. The van der Waals surface area contributed by atoms with Gasteiger partial charge < -0.3 is 24.0 Å². The molecule has 0 bridgehead atoms. The van der Waals surface area contributed by atoms with Crippen molar-refractivity contribution in [3.8, 4) is 0 Å². The highest BCUT2D eigenvalue weighted by atomic mass is 35.5. The maximum atomic E-state index is 13.4. The summed E-state index contributed by atoms with van der Waals surface area (Å²) in [7, 11) is 1.54. The van der Waals surface area contributed by atoms with Gasteiger partial charge in [0, 0.05) is 30.9 Å². The summed E-state index contributed by atoms with van der Waals surface area (Å²) in [6.45, 7) is 5.19. The second-order valence-corrected chi connectivity index (χ2v) is 10.5. The minimum Gasteiger partial charge on any atom is -0.466 e. The Bertz CT molecular complexity index is 1180. The third kappa shape index (κ3) is 6.24. The summed E-state index contributed by atoms with van der Waals surface area (Å²) < 4.78 is 15.7. The lowest BCUT2D eigenvalue weighted by molar-refractivity contribution is -0.151. The van der Waals surface area contributed by atoms with Crippen molar-refractivity contribution in [1.29, 1.82) is 0 Å². The number of amidine groups is 1. The van der Waals surface area contributed by atoms with Crippen molar-refractivity contribution in [2.45, 2.75) is 39.2 Å². The van der Waals surface area contributed by atoms with Crippen LogP contribution in [0.2, 0.25) is 5.02 Å². The van der Waals surface area contributed by atoms with Crippen LogP contribution in [0.25, 0.3) is 0 Å². The number of hydrogen-bond acceptors (Lipinski definition) is 9. The summed E-state index contributed by atoms with van der Waals surface area (Å²) in [4.78, 5) is 47.3. The fraction of sp³-hybridized carbons (Fsp3) is 0.481. The van der Waals surface area contributed by atoms with Gasteiger partial charge in [-0.25, -0.2) is 9.79 Å². The van der Waals surface area contributed by atoms with Gasteiger partial charge in [-0.3, -0.25) is 9.59 Å². The Morgan fingerprint density at radius 2 is 2.03 bits per heavy atom. The number of likely N-dealkylation sites (tertiary alicyclic amines) is 1. The van der Waals surface area contributed by atoms with Crippen LogP contribution in [0.15, 0.2) is 51.6 Å². The topological polar surface area (TPSA) is 97.7 Å². The van der Waals surface area contributed by atoms with Crippen molar-refractivity contribution >= 4 is 46.4 Å². The number of piperidine rings is 1. The van der Waals surface area contributed by atoms with Gasteiger partial charge in [0.1, 0.15) is 6.61 Å². The largest absolute Gasteiger partial charge is 0.466 e. The van der Waals surface area contributed by atoms with E-state index in [1.807, 2.05) is 28.5 Å². The monoisotopic (exact) mass is 561 g/mol. The number of hydrogen-bond donors (Lipinski definition) is 0. The molecule has 1 aromatic rings.